The number of thiophene rings is 1. The predicted octanol–water partition coefficient (Wildman–Crippen LogP) is 3.52. The van der Waals surface area contributed by atoms with Gasteiger partial charge in [-0.3, -0.25) is 0 Å². The molecule has 17 heavy (non-hydrogen) atoms. The second-order valence-corrected chi connectivity index (χ2v) is 6.71. The molecular weight excluding hydrogens is 296 g/mol. The minimum atomic E-state index is 0.360. The van der Waals surface area contributed by atoms with Gasteiger partial charge in [0.15, 0.2) is 0 Å². The Hall–Kier alpha value is 0.1000. The van der Waals surface area contributed by atoms with Crippen LogP contribution in [0.15, 0.2) is 15.9 Å². The summed E-state index contributed by atoms with van der Waals surface area (Å²) in [5.74, 6) is 0. The summed E-state index contributed by atoms with van der Waals surface area (Å²) in [5.41, 5.74) is 0.360. The highest BCUT2D eigenvalue weighted by atomic mass is 79.9. The lowest BCUT2D eigenvalue weighted by Gasteiger charge is -2.29. The molecule has 1 aromatic rings. The smallest absolute Gasteiger partial charge is 0.0327 e. The van der Waals surface area contributed by atoms with Crippen LogP contribution in [0.5, 0.6) is 0 Å². The van der Waals surface area contributed by atoms with Crippen LogP contribution < -0.4 is 10.6 Å². The van der Waals surface area contributed by atoms with Crippen molar-refractivity contribution < 1.29 is 0 Å². The summed E-state index contributed by atoms with van der Waals surface area (Å²) in [6.45, 7) is 5.53. The van der Waals surface area contributed by atoms with Gasteiger partial charge in [0, 0.05) is 28.0 Å². The van der Waals surface area contributed by atoms with Gasteiger partial charge < -0.3 is 10.6 Å². The summed E-state index contributed by atoms with van der Waals surface area (Å²) in [4.78, 5) is 1.40. The molecular formula is C13H21BrN2S. The van der Waals surface area contributed by atoms with Crippen LogP contribution in [0.2, 0.25) is 0 Å². The van der Waals surface area contributed by atoms with Crippen LogP contribution in [0.4, 0.5) is 0 Å². The van der Waals surface area contributed by atoms with E-state index in [1.165, 1.54) is 41.6 Å². The lowest BCUT2D eigenvalue weighted by atomic mass is 9.92. The average Bonchev–Trinajstić information content (AvgIpc) is 2.91. The molecule has 1 aliphatic heterocycles. The molecule has 1 fully saturated rings. The van der Waals surface area contributed by atoms with Crippen molar-refractivity contribution >= 4 is 27.3 Å². The third-order valence-corrected chi connectivity index (χ3v) is 5.43. The summed E-state index contributed by atoms with van der Waals surface area (Å²) in [6, 6.07) is 2.12. The van der Waals surface area contributed by atoms with Gasteiger partial charge in [-0.25, -0.2) is 0 Å². The largest absolute Gasteiger partial charge is 0.310 e. The van der Waals surface area contributed by atoms with Crippen molar-refractivity contribution in [3.8, 4) is 0 Å². The first-order valence-corrected chi connectivity index (χ1v) is 8.11. The SMILES string of the molecule is CCCC1(CNCc2sccc2Br)CCCN1. The first-order valence-electron chi connectivity index (χ1n) is 6.43. The fourth-order valence-corrected chi connectivity index (χ4v) is 4.13. The number of hydrogen-bond acceptors (Lipinski definition) is 3. The fraction of sp³-hybridized carbons (Fsp3) is 0.692. The molecule has 1 saturated heterocycles. The first-order chi connectivity index (χ1) is 8.26. The zero-order valence-corrected chi connectivity index (χ0v) is 12.8. The molecule has 1 unspecified atom stereocenters. The molecule has 0 aromatic carbocycles. The van der Waals surface area contributed by atoms with E-state index in [1.807, 2.05) is 11.3 Å². The molecule has 1 aliphatic rings. The second-order valence-electron chi connectivity index (χ2n) is 4.86. The molecule has 0 radical (unpaired) electrons. The molecule has 2 rings (SSSR count). The van der Waals surface area contributed by atoms with Gasteiger partial charge in [-0.2, -0.15) is 0 Å². The Morgan fingerprint density at radius 2 is 2.47 bits per heavy atom. The van der Waals surface area contributed by atoms with Gasteiger partial charge in [0.1, 0.15) is 0 Å². The maximum absolute atomic E-state index is 3.69. The van der Waals surface area contributed by atoms with Crippen molar-refractivity contribution in [3.63, 3.8) is 0 Å². The zero-order valence-electron chi connectivity index (χ0n) is 10.4. The monoisotopic (exact) mass is 316 g/mol. The maximum atomic E-state index is 3.69. The Morgan fingerprint density at radius 1 is 1.59 bits per heavy atom. The minimum absolute atomic E-state index is 0.360. The molecule has 2 heterocycles. The highest BCUT2D eigenvalue weighted by molar-refractivity contribution is 9.10. The summed E-state index contributed by atoms with van der Waals surface area (Å²) in [7, 11) is 0. The van der Waals surface area contributed by atoms with Gasteiger partial charge in [-0.05, 0) is 53.2 Å². The normalized spacial score (nSPS) is 24.4. The van der Waals surface area contributed by atoms with E-state index in [4.69, 9.17) is 0 Å². The molecule has 1 atom stereocenters. The maximum Gasteiger partial charge on any atom is 0.0327 e. The van der Waals surface area contributed by atoms with Crippen molar-refractivity contribution in [1.82, 2.24) is 10.6 Å². The van der Waals surface area contributed by atoms with Crippen LogP contribution in [-0.4, -0.2) is 18.6 Å². The highest BCUT2D eigenvalue weighted by Crippen LogP contribution is 2.25. The van der Waals surface area contributed by atoms with Crippen LogP contribution in [0.1, 0.15) is 37.5 Å². The topological polar surface area (TPSA) is 24.1 Å². The Kier molecular flexibility index (Phi) is 5.03. The van der Waals surface area contributed by atoms with Crippen LogP contribution in [0.25, 0.3) is 0 Å². The number of rotatable bonds is 6. The van der Waals surface area contributed by atoms with Crippen molar-refractivity contribution in [2.24, 2.45) is 0 Å². The third-order valence-electron chi connectivity index (χ3n) is 3.50. The summed E-state index contributed by atoms with van der Waals surface area (Å²) < 4.78 is 1.24. The molecule has 0 bridgehead atoms. The quantitative estimate of drug-likeness (QED) is 0.839. The van der Waals surface area contributed by atoms with E-state index >= 15 is 0 Å². The Bertz CT molecular complexity index is 345. The molecule has 4 heteroatoms. The Morgan fingerprint density at radius 3 is 3.06 bits per heavy atom. The van der Waals surface area contributed by atoms with Crippen LogP contribution in [-0.2, 0) is 6.54 Å². The first kappa shape index (κ1) is 13.5. The molecule has 2 N–H and O–H groups in total. The lowest BCUT2D eigenvalue weighted by molar-refractivity contribution is 0.325. The molecule has 2 nitrogen and oxygen atoms in total. The molecule has 0 aliphatic carbocycles. The van der Waals surface area contributed by atoms with E-state index in [9.17, 15) is 0 Å². The van der Waals surface area contributed by atoms with Crippen LogP contribution in [0, 0.1) is 0 Å². The summed E-state index contributed by atoms with van der Waals surface area (Å²) >= 11 is 5.39. The zero-order chi connectivity index (χ0) is 12.1. The van der Waals surface area contributed by atoms with Gasteiger partial charge in [-0.1, -0.05) is 13.3 Å². The molecule has 0 saturated carbocycles. The summed E-state index contributed by atoms with van der Waals surface area (Å²) in [6.07, 6.45) is 5.19. The van der Waals surface area contributed by atoms with Crippen molar-refractivity contribution in [1.29, 1.82) is 0 Å². The van der Waals surface area contributed by atoms with Gasteiger partial charge in [-0.15, -0.1) is 11.3 Å². The van der Waals surface area contributed by atoms with Crippen LogP contribution in [0.3, 0.4) is 0 Å². The van der Waals surface area contributed by atoms with E-state index in [1.54, 1.807) is 0 Å². The average molecular weight is 317 g/mol. The number of halogens is 1. The van der Waals surface area contributed by atoms with E-state index in [-0.39, 0.29) is 0 Å². The molecule has 0 spiro atoms. The van der Waals surface area contributed by atoms with E-state index in [2.05, 4.69) is 44.9 Å². The lowest BCUT2D eigenvalue weighted by Crippen LogP contribution is -2.48. The Balaban J connectivity index is 1.82. The van der Waals surface area contributed by atoms with Gasteiger partial charge in [0.2, 0.25) is 0 Å². The number of nitrogens with one attached hydrogen (secondary N) is 2. The van der Waals surface area contributed by atoms with Crippen molar-refractivity contribution in [2.75, 3.05) is 13.1 Å². The van der Waals surface area contributed by atoms with Gasteiger partial charge >= 0.3 is 0 Å². The third kappa shape index (κ3) is 3.53. The van der Waals surface area contributed by atoms with Crippen molar-refractivity contribution in [2.45, 2.75) is 44.7 Å². The second kappa shape index (κ2) is 6.32. The van der Waals surface area contributed by atoms with Gasteiger partial charge in [0.25, 0.3) is 0 Å². The fourth-order valence-electron chi connectivity index (χ4n) is 2.67. The molecule has 0 amide bonds. The minimum Gasteiger partial charge on any atom is -0.310 e. The van der Waals surface area contributed by atoms with Gasteiger partial charge in [0.05, 0.1) is 0 Å². The molecule has 96 valence electrons. The predicted molar refractivity (Wildman–Crippen MR) is 78.6 cm³/mol. The van der Waals surface area contributed by atoms with E-state index in [0.717, 1.165) is 13.1 Å². The molecule has 1 aromatic heterocycles. The van der Waals surface area contributed by atoms with E-state index < -0.39 is 0 Å². The Labute approximate surface area is 116 Å². The summed E-state index contributed by atoms with van der Waals surface area (Å²) in [5, 5.41) is 9.44. The standard InChI is InChI=1S/C13H21BrN2S/c1-2-5-13(6-3-7-16-13)10-15-9-12-11(14)4-8-17-12/h4,8,15-16H,2-3,5-7,9-10H2,1H3. The van der Waals surface area contributed by atoms with E-state index in [0.29, 0.717) is 5.54 Å². The number of hydrogen-bond donors (Lipinski definition) is 2. The van der Waals surface area contributed by atoms with Crippen molar-refractivity contribution in [3.05, 3.63) is 20.8 Å². The van der Waals surface area contributed by atoms with Crippen LogP contribution >= 0.6 is 27.3 Å². The highest BCUT2D eigenvalue weighted by Gasteiger charge is 2.31.